The van der Waals surface area contributed by atoms with E-state index in [1.807, 2.05) is 0 Å². The van der Waals surface area contributed by atoms with Crippen LogP contribution >= 0.6 is 0 Å². The summed E-state index contributed by atoms with van der Waals surface area (Å²) in [5.41, 5.74) is -0.329. The summed E-state index contributed by atoms with van der Waals surface area (Å²) in [6.45, 7) is -1.12. The van der Waals surface area contributed by atoms with Crippen LogP contribution in [0.2, 0.25) is 0 Å². The third kappa shape index (κ3) is 6.51. The molecule has 3 aliphatic rings. The molecule has 3 aliphatic heterocycles. The van der Waals surface area contributed by atoms with E-state index in [0.29, 0.717) is 0 Å². The van der Waals surface area contributed by atoms with Crippen LogP contribution in [0.3, 0.4) is 0 Å². The number of carbonyl (C=O) groups is 5. The Balaban J connectivity index is 1.44. The first-order chi connectivity index (χ1) is 17.3. The molecule has 15 nitrogen and oxygen atoms in total. The molecule has 0 aromatic heterocycles. The van der Waals surface area contributed by atoms with E-state index in [4.69, 9.17) is 28.4 Å². The fourth-order valence-corrected chi connectivity index (χ4v) is 3.17. The second kappa shape index (κ2) is 11.1. The van der Waals surface area contributed by atoms with E-state index in [2.05, 4.69) is 14.2 Å². The smallest absolute Gasteiger partial charge is 0.458 e. The number of esters is 2. The molecule has 0 radical (unpaired) electrons. The van der Waals surface area contributed by atoms with Crippen LogP contribution in [0.25, 0.3) is 0 Å². The zero-order chi connectivity index (χ0) is 25.7. The van der Waals surface area contributed by atoms with Gasteiger partial charge in [-0.15, -0.1) is 0 Å². The highest BCUT2D eigenvalue weighted by Gasteiger charge is 2.29. The Bertz CT molecular complexity index is 976. The topological polar surface area (TPSA) is 189 Å². The maximum Gasteiger partial charge on any atom is 0.508 e. The van der Waals surface area contributed by atoms with E-state index >= 15 is 0 Å². The van der Waals surface area contributed by atoms with E-state index < -0.39 is 55.0 Å². The zero-order valence-corrected chi connectivity index (χ0v) is 18.4. The van der Waals surface area contributed by atoms with Crippen molar-refractivity contribution in [3.63, 3.8) is 0 Å². The highest BCUT2D eigenvalue weighted by atomic mass is 16.8. The molecular formula is C21H20O15. The third-order valence-corrected chi connectivity index (χ3v) is 4.90. The van der Waals surface area contributed by atoms with Crippen molar-refractivity contribution < 1.29 is 71.7 Å². The zero-order valence-electron chi connectivity index (χ0n) is 18.4. The Morgan fingerprint density at radius 1 is 0.750 bits per heavy atom. The van der Waals surface area contributed by atoms with Gasteiger partial charge in [0.25, 0.3) is 0 Å². The molecule has 1 N–H and O–H groups in total. The standard InChI is InChI=1S/C21H20O15/c22-16(28-4-13-7-31-19(25)34-13)10-1-11(17(23)29-5-14-8-32-20(26)35-14)3-12(2-10)18(24)30-6-15-9-33-21(27)36-15/h1-3,13-16,22H,4-9H2. The summed E-state index contributed by atoms with van der Waals surface area (Å²) in [7, 11) is 0. The summed E-state index contributed by atoms with van der Waals surface area (Å²) >= 11 is 0. The van der Waals surface area contributed by atoms with Crippen molar-refractivity contribution in [2.24, 2.45) is 0 Å². The third-order valence-electron chi connectivity index (χ3n) is 4.90. The molecule has 0 saturated carbocycles. The van der Waals surface area contributed by atoms with Crippen LogP contribution in [0.1, 0.15) is 32.6 Å². The van der Waals surface area contributed by atoms with Crippen molar-refractivity contribution in [1.82, 2.24) is 0 Å². The summed E-state index contributed by atoms with van der Waals surface area (Å²) in [5, 5.41) is 10.5. The van der Waals surface area contributed by atoms with E-state index in [-0.39, 0.29) is 56.3 Å². The number of rotatable bonds is 10. The number of carbonyl (C=O) groups excluding carboxylic acids is 5. The number of benzene rings is 1. The van der Waals surface area contributed by atoms with Gasteiger partial charge in [-0.1, -0.05) is 0 Å². The first-order valence-electron chi connectivity index (χ1n) is 10.6. The maximum absolute atomic E-state index is 12.6. The summed E-state index contributed by atoms with van der Waals surface area (Å²) in [6.07, 6.45) is -6.63. The minimum atomic E-state index is -1.64. The molecule has 3 saturated heterocycles. The lowest BCUT2D eigenvalue weighted by atomic mass is 10.0. The Morgan fingerprint density at radius 3 is 1.56 bits per heavy atom. The van der Waals surface area contributed by atoms with Crippen molar-refractivity contribution in [3.8, 4) is 0 Å². The number of cyclic esters (lactones) is 6. The minimum absolute atomic E-state index is 0.0205. The fourth-order valence-electron chi connectivity index (χ4n) is 3.17. The van der Waals surface area contributed by atoms with Gasteiger partial charge >= 0.3 is 30.4 Å². The lowest BCUT2D eigenvalue weighted by molar-refractivity contribution is -0.121. The van der Waals surface area contributed by atoms with Crippen LogP contribution in [-0.4, -0.2) is 93.5 Å². The minimum Gasteiger partial charge on any atom is -0.458 e. The Morgan fingerprint density at radius 2 is 1.17 bits per heavy atom. The van der Waals surface area contributed by atoms with Gasteiger partial charge in [-0.25, -0.2) is 24.0 Å². The van der Waals surface area contributed by atoms with Crippen molar-refractivity contribution in [3.05, 3.63) is 34.9 Å². The van der Waals surface area contributed by atoms with E-state index in [1.54, 1.807) is 0 Å². The average molecular weight is 512 g/mol. The van der Waals surface area contributed by atoms with Gasteiger partial charge in [0.2, 0.25) is 0 Å². The summed E-state index contributed by atoms with van der Waals surface area (Å²) in [4.78, 5) is 58.3. The predicted molar refractivity (Wildman–Crippen MR) is 107 cm³/mol. The number of hydrogen-bond acceptors (Lipinski definition) is 15. The molecule has 0 bridgehead atoms. The van der Waals surface area contributed by atoms with Crippen molar-refractivity contribution in [2.75, 3.05) is 39.6 Å². The second-order valence-corrected chi connectivity index (χ2v) is 7.63. The molecule has 0 aliphatic carbocycles. The molecule has 4 atom stereocenters. The molecule has 194 valence electrons. The molecule has 36 heavy (non-hydrogen) atoms. The Hall–Kier alpha value is -4.11. The van der Waals surface area contributed by atoms with Crippen molar-refractivity contribution in [2.45, 2.75) is 24.6 Å². The summed E-state index contributed by atoms with van der Waals surface area (Å²) in [6, 6.07) is 3.58. The van der Waals surface area contributed by atoms with Crippen LogP contribution in [0.4, 0.5) is 14.4 Å². The first-order valence-corrected chi connectivity index (χ1v) is 10.6. The molecule has 0 amide bonds. The molecule has 3 fully saturated rings. The molecule has 4 unspecified atom stereocenters. The molecule has 3 heterocycles. The number of ether oxygens (including phenoxy) is 9. The number of aliphatic hydroxyl groups excluding tert-OH is 1. The van der Waals surface area contributed by atoms with Crippen LogP contribution in [-0.2, 0) is 42.6 Å². The van der Waals surface area contributed by atoms with Gasteiger partial charge in [0.05, 0.1) is 17.7 Å². The second-order valence-electron chi connectivity index (χ2n) is 7.63. The van der Waals surface area contributed by atoms with E-state index in [0.717, 1.165) is 6.07 Å². The van der Waals surface area contributed by atoms with Crippen molar-refractivity contribution in [1.29, 1.82) is 0 Å². The lowest BCUT2D eigenvalue weighted by Crippen LogP contribution is -2.23. The molecule has 4 rings (SSSR count). The van der Waals surface area contributed by atoms with Gasteiger partial charge in [0.1, 0.15) is 33.0 Å². The highest BCUT2D eigenvalue weighted by Crippen LogP contribution is 2.22. The molecule has 1 aromatic carbocycles. The number of aliphatic hydroxyl groups is 1. The first kappa shape index (κ1) is 25.0. The normalized spacial score (nSPS) is 23.5. The monoisotopic (exact) mass is 512 g/mol. The van der Waals surface area contributed by atoms with Crippen LogP contribution < -0.4 is 0 Å². The Labute approximate surface area is 202 Å². The quantitative estimate of drug-likeness (QED) is 0.261. The van der Waals surface area contributed by atoms with Crippen molar-refractivity contribution >= 4 is 30.4 Å². The van der Waals surface area contributed by atoms with Crippen LogP contribution in [0, 0.1) is 0 Å². The van der Waals surface area contributed by atoms with Gasteiger partial charge in [-0.2, -0.15) is 0 Å². The van der Waals surface area contributed by atoms with Crippen LogP contribution in [0.15, 0.2) is 18.2 Å². The van der Waals surface area contributed by atoms with E-state index in [1.165, 1.54) is 12.1 Å². The fraction of sp³-hybridized carbons (Fsp3) is 0.476. The lowest BCUT2D eigenvalue weighted by Gasteiger charge is -2.16. The number of hydrogen-bond donors (Lipinski definition) is 1. The van der Waals surface area contributed by atoms with Gasteiger partial charge in [-0.3, -0.25) is 0 Å². The van der Waals surface area contributed by atoms with Crippen LogP contribution in [0.5, 0.6) is 0 Å². The van der Waals surface area contributed by atoms with Gasteiger partial charge in [-0.05, 0) is 18.2 Å². The molecule has 1 aromatic rings. The highest BCUT2D eigenvalue weighted by molar-refractivity contribution is 5.95. The predicted octanol–water partition coefficient (Wildman–Crippen LogP) is 0.614. The van der Waals surface area contributed by atoms with Gasteiger partial charge in [0.15, 0.2) is 24.6 Å². The molecule has 0 spiro atoms. The maximum atomic E-state index is 12.6. The molecule has 15 heteroatoms. The average Bonchev–Trinajstić information content (AvgIpc) is 3.60. The van der Waals surface area contributed by atoms with E-state index in [9.17, 15) is 29.1 Å². The summed E-state index contributed by atoms with van der Waals surface area (Å²) < 4.78 is 43.7. The SMILES string of the molecule is O=C1OCC(COC(=O)c2cc(C(=O)OCC3COC(=O)O3)cc(C(O)OCC3COC(=O)O3)c2)O1. The van der Waals surface area contributed by atoms with Gasteiger partial charge in [0, 0.05) is 5.56 Å². The largest absolute Gasteiger partial charge is 0.508 e. The van der Waals surface area contributed by atoms with Gasteiger partial charge < -0.3 is 47.7 Å². The molecular weight excluding hydrogens is 492 g/mol. The Kier molecular flexibility index (Phi) is 7.70. The summed E-state index contributed by atoms with van der Waals surface area (Å²) in [5.74, 6) is -1.81.